The van der Waals surface area contributed by atoms with Gasteiger partial charge in [0, 0.05) is 17.5 Å². The topological polar surface area (TPSA) is 55.0 Å². The Bertz CT molecular complexity index is 712. The Hall–Kier alpha value is -2.54. The van der Waals surface area contributed by atoms with Crippen molar-refractivity contribution in [2.24, 2.45) is 0 Å². The second-order valence-electron chi connectivity index (χ2n) is 4.94. The second-order valence-corrected chi connectivity index (χ2v) is 4.94. The molecule has 20 heavy (non-hydrogen) atoms. The molecule has 4 heteroatoms. The van der Waals surface area contributed by atoms with E-state index in [9.17, 15) is 4.79 Å². The highest BCUT2D eigenvalue weighted by molar-refractivity contribution is 5.72. The van der Waals surface area contributed by atoms with E-state index in [-0.39, 0.29) is 0 Å². The number of hydrogen-bond donors (Lipinski definition) is 0. The summed E-state index contributed by atoms with van der Waals surface area (Å²) in [4.78, 5) is 11.9. The van der Waals surface area contributed by atoms with Crippen molar-refractivity contribution < 1.29 is 9.53 Å². The molecule has 0 saturated carbocycles. The van der Waals surface area contributed by atoms with Crippen molar-refractivity contribution >= 4 is 6.29 Å². The van der Waals surface area contributed by atoms with Crippen molar-refractivity contribution in [1.29, 1.82) is 5.26 Å². The van der Waals surface area contributed by atoms with Crippen molar-refractivity contribution in [2.75, 3.05) is 7.11 Å². The normalized spacial score (nSPS) is 20.2. The van der Waals surface area contributed by atoms with Crippen LogP contribution in [0.1, 0.15) is 23.2 Å². The number of aldehydes is 1. The summed E-state index contributed by atoms with van der Waals surface area (Å²) in [7, 11) is 1.56. The number of fused-ring (bicyclic) bond motifs is 1. The Kier molecular flexibility index (Phi) is 2.83. The Balaban J connectivity index is 2.22. The maximum atomic E-state index is 11.9. The lowest BCUT2D eigenvalue weighted by Crippen LogP contribution is -2.33. The molecule has 0 saturated heterocycles. The maximum Gasteiger partial charge on any atom is 0.150 e. The standard InChI is InChI=1S/C16H14N2O2/c1-20-15-9-12(10-17)4-5-14(15)16(11-19)7-6-13-3-2-8-18(13)16/h2-5,8-9,11H,6-7H2,1H3. The number of carbonyl (C=O) groups is 1. The van der Waals surface area contributed by atoms with Gasteiger partial charge in [0.15, 0.2) is 6.29 Å². The number of benzene rings is 1. The number of aromatic nitrogens is 1. The molecule has 1 aromatic carbocycles. The molecule has 2 aromatic rings. The van der Waals surface area contributed by atoms with Crippen LogP contribution in [-0.2, 0) is 16.8 Å². The molecule has 0 aliphatic carbocycles. The number of nitrogens with zero attached hydrogens (tertiary/aromatic N) is 2. The number of rotatable bonds is 3. The van der Waals surface area contributed by atoms with Gasteiger partial charge in [0.25, 0.3) is 0 Å². The van der Waals surface area contributed by atoms with Crippen LogP contribution in [0.2, 0.25) is 0 Å². The molecule has 0 radical (unpaired) electrons. The molecule has 1 aromatic heterocycles. The number of ether oxygens (including phenoxy) is 1. The van der Waals surface area contributed by atoms with Gasteiger partial charge in [-0.25, -0.2) is 0 Å². The Morgan fingerprint density at radius 3 is 3.00 bits per heavy atom. The minimum absolute atomic E-state index is 0.525. The zero-order valence-corrected chi connectivity index (χ0v) is 11.2. The molecule has 1 atom stereocenters. The highest BCUT2D eigenvalue weighted by Gasteiger charge is 2.41. The van der Waals surface area contributed by atoms with E-state index in [0.29, 0.717) is 11.3 Å². The molecule has 0 fully saturated rings. The fraction of sp³-hybridized carbons (Fsp3) is 0.250. The van der Waals surface area contributed by atoms with E-state index in [4.69, 9.17) is 10.00 Å². The zero-order valence-electron chi connectivity index (χ0n) is 11.2. The molecule has 1 aliphatic heterocycles. The molecule has 0 spiro atoms. The number of hydrogen-bond acceptors (Lipinski definition) is 3. The monoisotopic (exact) mass is 266 g/mol. The van der Waals surface area contributed by atoms with Gasteiger partial charge in [-0.2, -0.15) is 5.26 Å². The minimum Gasteiger partial charge on any atom is -0.496 e. The predicted molar refractivity (Wildman–Crippen MR) is 73.6 cm³/mol. The van der Waals surface area contributed by atoms with Gasteiger partial charge in [0.05, 0.1) is 18.7 Å². The first-order valence-electron chi connectivity index (χ1n) is 6.47. The van der Waals surface area contributed by atoms with Gasteiger partial charge in [-0.15, -0.1) is 0 Å². The quantitative estimate of drug-likeness (QED) is 0.801. The van der Waals surface area contributed by atoms with E-state index in [2.05, 4.69) is 6.07 Å². The van der Waals surface area contributed by atoms with Gasteiger partial charge in [-0.1, -0.05) is 6.07 Å². The number of aryl methyl sites for hydroxylation is 1. The van der Waals surface area contributed by atoms with E-state index in [0.717, 1.165) is 30.4 Å². The van der Waals surface area contributed by atoms with Crippen molar-refractivity contribution in [3.05, 3.63) is 53.3 Å². The van der Waals surface area contributed by atoms with Crippen LogP contribution in [0, 0.1) is 11.3 Å². The first-order chi connectivity index (χ1) is 9.75. The first-order valence-corrected chi connectivity index (χ1v) is 6.47. The van der Waals surface area contributed by atoms with Gasteiger partial charge in [0.1, 0.15) is 11.3 Å². The Morgan fingerprint density at radius 1 is 1.45 bits per heavy atom. The molecular weight excluding hydrogens is 252 g/mol. The summed E-state index contributed by atoms with van der Waals surface area (Å²) in [5.74, 6) is 0.581. The zero-order chi connectivity index (χ0) is 14.2. The van der Waals surface area contributed by atoms with Crippen LogP contribution < -0.4 is 4.74 Å². The average molecular weight is 266 g/mol. The Labute approximate surface area is 117 Å². The molecule has 0 bridgehead atoms. The van der Waals surface area contributed by atoms with Gasteiger partial charge in [0.2, 0.25) is 0 Å². The molecule has 0 amide bonds. The summed E-state index contributed by atoms with van der Waals surface area (Å²) in [5.41, 5.74) is 1.75. The lowest BCUT2D eigenvalue weighted by molar-refractivity contribution is -0.113. The maximum absolute atomic E-state index is 11.9. The largest absolute Gasteiger partial charge is 0.496 e. The highest BCUT2D eigenvalue weighted by Crippen LogP contribution is 2.41. The molecule has 1 unspecified atom stereocenters. The van der Waals surface area contributed by atoms with Crippen LogP contribution >= 0.6 is 0 Å². The second kappa shape index (κ2) is 4.53. The van der Waals surface area contributed by atoms with E-state index >= 15 is 0 Å². The minimum atomic E-state index is -0.724. The molecular formula is C16H14N2O2. The number of methoxy groups -OCH3 is 1. The highest BCUT2D eigenvalue weighted by atomic mass is 16.5. The third-order valence-electron chi connectivity index (χ3n) is 4.02. The van der Waals surface area contributed by atoms with Crippen LogP contribution in [0.5, 0.6) is 5.75 Å². The summed E-state index contributed by atoms with van der Waals surface area (Å²) in [6.45, 7) is 0. The van der Waals surface area contributed by atoms with E-state index in [1.807, 2.05) is 29.0 Å². The first kappa shape index (κ1) is 12.5. The van der Waals surface area contributed by atoms with Crippen LogP contribution in [0.25, 0.3) is 0 Å². The molecule has 3 rings (SSSR count). The van der Waals surface area contributed by atoms with Crippen molar-refractivity contribution in [1.82, 2.24) is 4.57 Å². The third-order valence-corrected chi connectivity index (χ3v) is 4.02. The number of carbonyl (C=O) groups excluding carboxylic acids is 1. The predicted octanol–water partition coefficient (Wildman–Crippen LogP) is 2.26. The third kappa shape index (κ3) is 1.56. The summed E-state index contributed by atoms with van der Waals surface area (Å²) in [6, 6.07) is 11.3. The molecule has 4 nitrogen and oxygen atoms in total. The smallest absolute Gasteiger partial charge is 0.150 e. The average Bonchev–Trinajstić information content (AvgIpc) is 3.09. The van der Waals surface area contributed by atoms with E-state index in [1.54, 1.807) is 19.2 Å². The SMILES string of the molecule is COc1cc(C#N)ccc1C1(C=O)CCc2cccn21. The van der Waals surface area contributed by atoms with Gasteiger partial charge < -0.3 is 14.1 Å². The van der Waals surface area contributed by atoms with Gasteiger partial charge >= 0.3 is 0 Å². The molecule has 1 aliphatic rings. The van der Waals surface area contributed by atoms with Crippen molar-refractivity contribution in [2.45, 2.75) is 18.4 Å². The molecule has 100 valence electrons. The summed E-state index contributed by atoms with van der Waals surface area (Å²) in [5, 5.41) is 8.98. The summed E-state index contributed by atoms with van der Waals surface area (Å²) in [6.07, 6.45) is 4.48. The van der Waals surface area contributed by atoms with Crippen molar-refractivity contribution in [3.63, 3.8) is 0 Å². The van der Waals surface area contributed by atoms with Gasteiger partial charge in [-0.05, 0) is 37.1 Å². The fourth-order valence-corrected chi connectivity index (χ4v) is 3.01. The van der Waals surface area contributed by atoms with Crippen LogP contribution in [-0.4, -0.2) is 18.0 Å². The summed E-state index contributed by atoms with van der Waals surface area (Å²) >= 11 is 0. The fourth-order valence-electron chi connectivity index (χ4n) is 3.01. The van der Waals surface area contributed by atoms with Crippen LogP contribution in [0.4, 0.5) is 0 Å². The Morgan fingerprint density at radius 2 is 2.30 bits per heavy atom. The molecule has 2 heterocycles. The van der Waals surface area contributed by atoms with Crippen LogP contribution in [0.15, 0.2) is 36.5 Å². The summed E-state index contributed by atoms with van der Waals surface area (Å²) < 4.78 is 7.40. The van der Waals surface area contributed by atoms with E-state index in [1.165, 1.54) is 0 Å². The van der Waals surface area contributed by atoms with Gasteiger partial charge in [-0.3, -0.25) is 0 Å². The van der Waals surface area contributed by atoms with Crippen LogP contribution in [0.3, 0.4) is 0 Å². The lowest BCUT2D eigenvalue weighted by Gasteiger charge is -2.28. The molecule has 0 N–H and O–H groups in total. The van der Waals surface area contributed by atoms with E-state index < -0.39 is 5.54 Å². The number of nitriles is 1. The lowest BCUT2D eigenvalue weighted by atomic mass is 9.87. The van der Waals surface area contributed by atoms with Crippen molar-refractivity contribution in [3.8, 4) is 11.8 Å².